The van der Waals surface area contributed by atoms with Crippen molar-refractivity contribution in [3.8, 4) is 11.1 Å². The summed E-state index contributed by atoms with van der Waals surface area (Å²) in [5.74, 6) is 0. The van der Waals surface area contributed by atoms with Crippen LogP contribution >= 0.6 is 0 Å². The van der Waals surface area contributed by atoms with Crippen LogP contribution in [0.5, 0.6) is 0 Å². The van der Waals surface area contributed by atoms with Gasteiger partial charge in [0.15, 0.2) is 0 Å². The molecule has 0 fully saturated rings. The molecule has 0 radical (unpaired) electrons. The fourth-order valence-electron chi connectivity index (χ4n) is 2.29. The normalized spacial score (nSPS) is 10.7. The van der Waals surface area contributed by atoms with Crippen molar-refractivity contribution in [2.75, 3.05) is 11.5 Å². The van der Waals surface area contributed by atoms with E-state index in [0.29, 0.717) is 0 Å². The Hall–Kier alpha value is -2.48. The maximum Gasteiger partial charge on any atom is 0.0400 e. The van der Waals surface area contributed by atoms with E-state index in [4.69, 9.17) is 11.5 Å². The summed E-state index contributed by atoms with van der Waals surface area (Å²) >= 11 is 0. The molecule has 3 aromatic rings. The van der Waals surface area contributed by atoms with E-state index in [1.807, 2.05) is 48.5 Å². The minimum Gasteiger partial charge on any atom is -0.399 e. The molecular weight excluding hydrogens is 220 g/mol. The molecule has 0 amide bonds. The second kappa shape index (κ2) is 4.08. The van der Waals surface area contributed by atoms with Gasteiger partial charge in [-0.1, -0.05) is 42.5 Å². The third kappa shape index (κ3) is 1.68. The van der Waals surface area contributed by atoms with Crippen LogP contribution in [0.25, 0.3) is 21.9 Å². The van der Waals surface area contributed by atoms with E-state index in [1.165, 1.54) is 0 Å². The van der Waals surface area contributed by atoms with Gasteiger partial charge >= 0.3 is 0 Å². The second-order valence-electron chi connectivity index (χ2n) is 4.38. The fourth-order valence-corrected chi connectivity index (χ4v) is 2.29. The molecule has 0 unspecified atom stereocenters. The summed E-state index contributed by atoms with van der Waals surface area (Å²) in [7, 11) is 0. The van der Waals surface area contributed by atoms with Crippen LogP contribution in [-0.4, -0.2) is 0 Å². The predicted octanol–water partition coefficient (Wildman–Crippen LogP) is 3.67. The average molecular weight is 234 g/mol. The molecule has 0 spiro atoms. The number of hydrogen-bond acceptors (Lipinski definition) is 2. The SMILES string of the molecule is Nc1ccc2c(-c3ccccc3)c(N)ccc2c1. The Kier molecular flexibility index (Phi) is 2.41. The molecule has 0 heterocycles. The first-order chi connectivity index (χ1) is 8.75. The molecule has 2 heteroatoms. The zero-order valence-electron chi connectivity index (χ0n) is 9.93. The number of nitrogen functional groups attached to an aromatic ring is 2. The van der Waals surface area contributed by atoms with Crippen molar-refractivity contribution in [1.82, 2.24) is 0 Å². The first-order valence-corrected chi connectivity index (χ1v) is 5.89. The number of anilines is 2. The van der Waals surface area contributed by atoms with E-state index in [1.54, 1.807) is 0 Å². The molecular formula is C16H14N2. The monoisotopic (exact) mass is 234 g/mol. The van der Waals surface area contributed by atoms with Crippen molar-refractivity contribution in [2.45, 2.75) is 0 Å². The summed E-state index contributed by atoms with van der Waals surface area (Å²) in [5.41, 5.74) is 15.7. The molecule has 0 saturated heterocycles. The highest BCUT2D eigenvalue weighted by atomic mass is 14.6. The summed E-state index contributed by atoms with van der Waals surface area (Å²) in [6.07, 6.45) is 0. The summed E-state index contributed by atoms with van der Waals surface area (Å²) in [4.78, 5) is 0. The lowest BCUT2D eigenvalue weighted by molar-refractivity contribution is 1.64. The first-order valence-electron chi connectivity index (χ1n) is 5.89. The molecule has 0 aliphatic carbocycles. The molecule has 0 bridgehead atoms. The molecule has 0 aliphatic heterocycles. The van der Waals surface area contributed by atoms with Crippen molar-refractivity contribution in [3.63, 3.8) is 0 Å². The molecule has 0 atom stereocenters. The van der Waals surface area contributed by atoms with Gasteiger partial charge in [0.25, 0.3) is 0 Å². The Bertz CT molecular complexity index is 703. The first kappa shape index (κ1) is 10.7. The quantitative estimate of drug-likeness (QED) is 0.631. The molecule has 2 nitrogen and oxygen atoms in total. The van der Waals surface area contributed by atoms with Gasteiger partial charge in [0.2, 0.25) is 0 Å². The van der Waals surface area contributed by atoms with Crippen LogP contribution in [0.4, 0.5) is 11.4 Å². The van der Waals surface area contributed by atoms with E-state index < -0.39 is 0 Å². The van der Waals surface area contributed by atoms with Gasteiger partial charge in [-0.2, -0.15) is 0 Å². The largest absolute Gasteiger partial charge is 0.399 e. The lowest BCUT2D eigenvalue weighted by Crippen LogP contribution is -1.92. The van der Waals surface area contributed by atoms with Crippen LogP contribution < -0.4 is 11.5 Å². The zero-order valence-corrected chi connectivity index (χ0v) is 9.93. The standard InChI is InChI=1S/C16H14N2/c17-13-7-8-14-12(10-13)6-9-15(18)16(14)11-4-2-1-3-5-11/h1-10H,17-18H2. The van der Waals surface area contributed by atoms with Gasteiger partial charge in [0.1, 0.15) is 0 Å². The zero-order chi connectivity index (χ0) is 12.5. The van der Waals surface area contributed by atoms with Crippen LogP contribution in [0.2, 0.25) is 0 Å². The lowest BCUT2D eigenvalue weighted by Gasteiger charge is -2.10. The number of hydrogen-bond donors (Lipinski definition) is 2. The van der Waals surface area contributed by atoms with Gasteiger partial charge in [0.05, 0.1) is 0 Å². The van der Waals surface area contributed by atoms with Crippen molar-refractivity contribution < 1.29 is 0 Å². The maximum absolute atomic E-state index is 6.13. The van der Waals surface area contributed by atoms with Crippen LogP contribution in [0.15, 0.2) is 60.7 Å². The number of nitrogens with two attached hydrogens (primary N) is 2. The Balaban J connectivity index is 2.37. The molecule has 0 saturated carbocycles. The van der Waals surface area contributed by atoms with Crippen LogP contribution in [0.1, 0.15) is 0 Å². The summed E-state index contributed by atoms with van der Waals surface area (Å²) < 4.78 is 0. The Morgan fingerprint density at radius 1 is 0.722 bits per heavy atom. The molecule has 3 aromatic carbocycles. The van der Waals surface area contributed by atoms with Gasteiger partial charge in [-0.15, -0.1) is 0 Å². The smallest absolute Gasteiger partial charge is 0.0400 e. The van der Waals surface area contributed by atoms with E-state index in [-0.39, 0.29) is 0 Å². The topological polar surface area (TPSA) is 52.0 Å². The molecule has 0 aliphatic rings. The van der Waals surface area contributed by atoms with Gasteiger partial charge in [0, 0.05) is 16.9 Å². The Morgan fingerprint density at radius 3 is 2.28 bits per heavy atom. The van der Waals surface area contributed by atoms with Gasteiger partial charge in [-0.05, 0) is 34.5 Å². The van der Waals surface area contributed by atoms with E-state index in [2.05, 4.69) is 12.1 Å². The third-order valence-electron chi connectivity index (χ3n) is 3.14. The summed E-state index contributed by atoms with van der Waals surface area (Å²) in [6, 6.07) is 20.0. The van der Waals surface area contributed by atoms with Crippen LogP contribution in [0.3, 0.4) is 0 Å². The van der Waals surface area contributed by atoms with E-state index in [9.17, 15) is 0 Å². The Labute approximate surface area is 106 Å². The maximum atomic E-state index is 6.13. The third-order valence-corrected chi connectivity index (χ3v) is 3.14. The number of fused-ring (bicyclic) bond motifs is 1. The van der Waals surface area contributed by atoms with Gasteiger partial charge in [-0.25, -0.2) is 0 Å². The van der Waals surface area contributed by atoms with Crippen LogP contribution in [-0.2, 0) is 0 Å². The molecule has 18 heavy (non-hydrogen) atoms. The highest BCUT2D eigenvalue weighted by Gasteiger charge is 2.07. The Morgan fingerprint density at radius 2 is 1.50 bits per heavy atom. The van der Waals surface area contributed by atoms with E-state index >= 15 is 0 Å². The summed E-state index contributed by atoms with van der Waals surface area (Å²) in [6.45, 7) is 0. The van der Waals surface area contributed by atoms with Crippen molar-refractivity contribution in [3.05, 3.63) is 60.7 Å². The number of rotatable bonds is 1. The minimum absolute atomic E-state index is 0.770. The molecule has 3 rings (SSSR count). The van der Waals surface area contributed by atoms with E-state index in [0.717, 1.165) is 33.3 Å². The second-order valence-corrected chi connectivity index (χ2v) is 4.38. The molecule has 88 valence electrons. The lowest BCUT2D eigenvalue weighted by atomic mass is 9.96. The highest BCUT2D eigenvalue weighted by Crippen LogP contribution is 2.34. The highest BCUT2D eigenvalue weighted by molar-refractivity contribution is 6.03. The van der Waals surface area contributed by atoms with Crippen molar-refractivity contribution >= 4 is 22.1 Å². The van der Waals surface area contributed by atoms with Gasteiger partial charge < -0.3 is 11.5 Å². The number of benzene rings is 3. The van der Waals surface area contributed by atoms with Crippen LogP contribution in [0, 0.1) is 0 Å². The minimum atomic E-state index is 0.770. The van der Waals surface area contributed by atoms with Crippen molar-refractivity contribution in [2.24, 2.45) is 0 Å². The van der Waals surface area contributed by atoms with Crippen molar-refractivity contribution in [1.29, 1.82) is 0 Å². The summed E-state index contributed by atoms with van der Waals surface area (Å²) in [5, 5.41) is 2.25. The van der Waals surface area contributed by atoms with Gasteiger partial charge in [-0.3, -0.25) is 0 Å². The average Bonchev–Trinajstić information content (AvgIpc) is 2.40. The molecule has 4 N–H and O–H groups in total. The predicted molar refractivity (Wildman–Crippen MR) is 78.2 cm³/mol. The molecule has 0 aromatic heterocycles. The fraction of sp³-hybridized carbons (Fsp3) is 0.